The Morgan fingerprint density at radius 1 is 1.12 bits per heavy atom. The lowest BCUT2D eigenvalue weighted by Crippen LogP contribution is -2.50. The van der Waals surface area contributed by atoms with Crippen molar-refractivity contribution < 1.29 is 41.0 Å². The summed E-state index contributed by atoms with van der Waals surface area (Å²) >= 11 is 0. The molecule has 40 heavy (non-hydrogen) atoms. The molecule has 1 aliphatic carbocycles. The number of pyridine rings is 1. The second-order valence-electron chi connectivity index (χ2n) is 9.66. The van der Waals surface area contributed by atoms with Gasteiger partial charge in [0.25, 0.3) is 5.91 Å². The molecule has 1 fully saturated rings. The zero-order valence-corrected chi connectivity index (χ0v) is 22.0. The van der Waals surface area contributed by atoms with Crippen LogP contribution < -0.4 is 16.0 Å². The predicted molar refractivity (Wildman–Crippen MR) is 131 cm³/mol. The van der Waals surface area contributed by atoms with Crippen molar-refractivity contribution in [2.75, 3.05) is 5.32 Å². The minimum Gasteiger partial charge on any atom is -0.349 e. The van der Waals surface area contributed by atoms with Gasteiger partial charge >= 0.3 is 6.18 Å². The maximum atomic E-state index is 13.8. The smallest absolute Gasteiger partial charge is 0.349 e. The van der Waals surface area contributed by atoms with Gasteiger partial charge in [-0.05, 0) is 54.5 Å². The van der Waals surface area contributed by atoms with E-state index in [0.29, 0.717) is 18.4 Å². The first-order valence-corrected chi connectivity index (χ1v) is 12.9. The van der Waals surface area contributed by atoms with Crippen LogP contribution in [0, 0.1) is 5.92 Å². The van der Waals surface area contributed by atoms with Crippen LogP contribution in [-0.4, -0.2) is 51.2 Å². The van der Waals surface area contributed by atoms with E-state index < -0.39 is 73.5 Å². The molecule has 3 amide bonds. The van der Waals surface area contributed by atoms with Gasteiger partial charge in [-0.1, -0.05) is 19.0 Å². The van der Waals surface area contributed by atoms with Crippen molar-refractivity contribution in [2.45, 2.75) is 89.4 Å². The van der Waals surface area contributed by atoms with E-state index in [1.807, 2.05) is 0 Å². The normalized spacial score (nSPS) is 17.1. The summed E-state index contributed by atoms with van der Waals surface area (Å²) in [6.45, 7) is 3.45. The fourth-order valence-corrected chi connectivity index (χ4v) is 4.49. The van der Waals surface area contributed by atoms with Crippen LogP contribution >= 0.6 is 0 Å². The first-order chi connectivity index (χ1) is 18.8. The number of carbonyl (C=O) groups excluding carboxylic acids is 3. The number of halogens is 5. The number of aryl methyl sites for hydroxylation is 1. The Labute approximate surface area is 226 Å². The number of anilines is 1. The van der Waals surface area contributed by atoms with Crippen molar-refractivity contribution in [3.63, 3.8) is 0 Å². The summed E-state index contributed by atoms with van der Waals surface area (Å²) in [6, 6.07) is 1.13. The lowest BCUT2D eigenvalue weighted by atomic mass is 9.81. The molecule has 2 aromatic heterocycles. The number of alkyl halides is 5. The van der Waals surface area contributed by atoms with Gasteiger partial charge in [-0.25, -0.2) is 18.4 Å². The third kappa shape index (κ3) is 8.68. The number of aromatic nitrogens is 3. The topological polar surface area (TPSA) is 139 Å². The number of nitrogens with zero attached hydrogens (tertiary/aromatic N) is 3. The molecule has 1 unspecified atom stereocenters. The summed E-state index contributed by atoms with van der Waals surface area (Å²) in [7, 11) is 0. The van der Waals surface area contributed by atoms with Gasteiger partial charge in [-0.15, -0.1) is 0 Å². The van der Waals surface area contributed by atoms with Crippen LogP contribution in [0.4, 0.5) is 27.8 Å². The molecule has 0 saturated heterocycles. The number of carbonyl (C=O) groups is 3. The van der Waals surface area contributed by atoms with Crippen LogP contribution in [0.2, 0.25) is 0 Å². The molecule has 2 heterocycles. The summed E-state index contributed by atoms with van der Waals surface area (Å²) < 4.78 is 69.6. The second-order valence-corrected chi connectivity index (χ2v) is 9.66. The van der Waals surface area contributed by atoms with Crippen molar-refractivity contribution >= 4 is 23.5 Å². The van der Waals surface area contributed by atoms with Gasteiger partial charge in [0.2, 0.25) is 17.7 Å². The molecule has 0 bridgehead atoms. The largest absolute Gasteiger partial charge is 0.389 e. The monoisotopic (exact) mass is 574 g/mol. The molecule has 2 aromatic rings. The molecule has 3 N–H and O–H groups in total. The summed E-state index contributed by atoms with van der Waals surface area (Å²) in [6.07, 6.45) is -5.33. The molecular weight excluding hydrogens is 543 g/mol. The number of hydrogen-bond acceptors (Lipinski definition) is 7. The summed E-state index contributed by atoms with van der Waals surface area (Å²) in [5.74, 6) is -5.65. The zero-order chi connectivity index (χ0) is 29.5. The highest BCUT2D eigenvalue weighted by Gasteiger charge is 2.41. The third-order valence-electron chi connectivity index (χ3n) is 6.73. The molecular formula is C25H31F5N6O4. The lowest BCUT2D eigenvalue weighted by molar-refractivity contribution is -0.144. The van der Waals surface area contributed by atoms with E-state index in [-0.39, 0.29) is 30.0 Å². The molecule has 0 aromatic carbocycles. The Morgan fingerprint density at radius 3 is 2.45 bits per heavy atom. The van der Waals surface area contributed by atoms with Crippen molar-refractivity contribution in [3.05, 3.63) is 35.3 Å². The van der Waals surface area contributed by atoms with E-state index in [0.717, 1.165) is 0 Å². The quantitative estimate of drug-likeness (QED) is 0.336. The van der Waals surface area contributed by atoms with Gasteiger partial charge in [0.05, 0.1) is 12.5 Å². The fourth-order valence-electron chi connectivity index (χ4n) is 4.49. The van der Waals surface area contributed by atoms with Crippen LogP contribution in [0.3, 0.4) is 0 Å². The van der Waals surface area contributed by atoms with E-state index >= 15 is 0 Å². The van der Waals surface area contributed by atoms with E-state index in [9.17, 15) is 36.3 Å². The maximum absolute atomic E-state index is 13.8. The molecule has 1 saturated carbocycles. The second kappa shape index (κ2) is 13.1. The molecule has 15 heteroatoms. The minimum absolute atomic E-state index is 0.0155. The van der Waals surface area contributed by atoms with Gasteiger partial charge in [0, 0.05) is 25.5 Å². The number of amides is 3. The molecule has 10 nitrogen and oxygen atoms in total. The highest BCUT2D eigenvalue weighted by molar-refractivity contribution is 6.00. The van der Waals surface area contributed by atoms with E-state index in [4.69, 9.17) is 0 Å². The summed E-state index contributed by atoms with van der Waals surface area (Å²) in [5.41, 5.74) is 0.630. The Morgan fingerprint density at radius 2 is 1.82 bits per heavy atom. The minimum atomic E-state index is -4.46. The van der Waals surface area contributed by atoms with Gasteiger partial charge < -0.3 is 16.0 Å². The standard InChI is InChI=1S/C25H31F5N6O4/c1-3-16(32-19(37)7-11-25(28,29)30)15-8-12-31-18(13-15)33-22(38)20(14-5-9-24(26,27)10-6-14)34-23(39)21-17(4-2)35-40-36-21/h8,12-14,16,20H,3-7,9-11H2,1-2H3,(H,32,37)(H,34,39)(H,31,33,38)/t16?,20-/m0/s1. The Hall–Kier alpha value is -3.65. The van der Waals surface area contributed by atoms with Crippen LogP contribution in [0.15, 0.2) is 23.0 Å². The van der Waals surface area contributed by atoms with Crippen molar-refractivity contribution in [1.29, 1.82) is 0 Å². The number of hydrogen-bond donors (Lipinski definition) is 3. The Balaban J connectivity index is 1.75. The maximum Gasteiger partial charge on any atom is 0.389 e. The molecule has 1 aliphatic rings. The van der Waals surface area contributed by atoms with Gasteiger partial charge in [0.1, 0.15) is 17.6 Å². The van der Waals surface area contributed by atoms with Crippen LogP contribution in [0.5, 0.6) is 0 Å². The average Bonchev–Trinajstić information content (AvgIpc) is 3.38. The van der Waals surface area contributed by atoms with Crippen molar-refractivity contribution in [1.82, 2.24) is 25.9 Å². The van der Waals surface area contributed by atoms with Crippen molar-refractivity contribution in [3.8, 4) is 0 Å². The van der Waals surface area contributed by atoms with E-state index in [2.05, 4.69) is 35.9 Å². The predicted octanol–water partition coefficient (Wildman–Crippen LogP) is 4.50. The first kappa shape index (κ1) is 30.9. The van der Waals surface area contributed by atoms with Crippen LogP contribution in [0.25, 0.3) is 0 Å². The van der Waals surface area contributed by atoms with Crippen LogP contribution in [0.1, 0.15) is 86.6 Å². The van der Waals surface area contributed by atoms with Crippen LogP contribution in [-0.2, 0) is 16.0 Å². The van der Waals surface area contributed by atoms with Crippen molar-refractivity contribution in [2.24, 2.45) is 5.92 Å². The van der Waals surface area contributed by atoms with Gasteiger partial charge in [0.15, 0.2) is 5.69 Å². The van der Waals surface area contributed by atoms with E-state index in [1.165, 1.54) is 12.3 Å². The Kier molecular flexibility index (Phi) is 10.1. The molecule has 3 rings (SSSR count). The molecule has 220 valence electrons. The Bertz CT molecular complexity index is 1180. The highest BCUT2D eigenvalue weighted by atomic mass is 19.4. The molecule has 2 atom stereocenters. The first-order valence-electron chi connectivity index (χ1n) is 12.9. The number of rotatable bonds is 11. The van der Waals surface area contributed by atoms with Gasteiger partial charge in [-0.2, -0.15) is 13.2 Å². The molecule has 0 radical (unpaired) electrons. The zero-order valence-electron chi connectivity index (χ0n) is 22.0. The lowest BCUT2D eigenvalue weighted by Gasteiger charge is -2.33. The van der Waals surface area contributed by atoms with E-state index in [1.54, 1.807) is 19.9 Å². The highest BCUT2D eigenvalue weighted by Crippen LogP contribution is 2.38. The number of nitrogens with one attached hydrogen (secondary N) is 3. The molecule has 0 spiro atoms. The SMILES string of the molecule is CCc1nonc1C(=O)N[C@H](C(=O)Nc1cc(C(CC)NC(=O)CCC(F)(F)F)ccn1)C1CCC(F)(F)CC1. The summed E-state index contributed by atoms with van der Waals surface area (Å²) in [5, 5.41) is 14.9. The fraction of sp³-hybridized carbons (Fsp3) is 0.600. The molecule has 0 aliphatic heterocycles. The summed E-state index contributed by atoms with van der Waals surface area (Å²) in [4.78, 5) is 42.4. The third-order valence-corrected chi connectivity index (χ3v) is 6.73. The van der Waals surface area contributed by atoms with Gasteiger partial charge in [-0.3, -0.25) is 14.4 Å². The average molecular weight is 575 g/mol.